The molecule has 4 nitrogen and oxygen atoms in total. The molecule has 1 aliphatic heterocycles. The number of rotatable bonds is 2. The predicted molar refractivity (Wildman–Crippen MR) is 45.7 cm³/mol. The second-order valence-electron chi connectivity index (χ2n) is 3.05. The summed E-state index contributed by atoms with van der Waals surface area (Å²) in [6.45, 7) is 4.49. The average Bonchev–Trinajstić information content (AvgIpc) is 2.04. The van der Waals surface area contributed by atoms with E-state index in [0.29, 0.717) is 6.42 Å². The summed E-state index contributed by atoms with van der Waals surface area (Å²) in [5.74, 6) is -0.136. The maximum absolute atomic E-state index is 10.9. The summed E-state index contributed by atoms with van der Waals surface area (Å²) in [5.41, 5.74) is 0. The van der Waals surface area contributed by atoms with E-state index in [1.54, 1.807) is 6.92 Å². The van der Waals surface area contributed by atoms with Crippen LogP contribution in [0.5, 0.6) is 0 Å². The van der Waals surface area contributed by atoms with E-state index in [1.165, 1.54) is 0 Å². The molecule has 0 aromatic heterocycles. The number of hydrogen-bond donors (Lipinski definition) is 1. The zero-order valence-corrected chi connectivity index (χ0v) is 7.67. The standard InChI is InChI=1S/C8H16N2O2/c1-3-8(11)12-7-6-10(2)5-4-9-7/h7,9H,3-6H2,1-2H3. The van der Waals surface area contributed by atoms with E-state index in [2.05, 4.69) is 10.2 Å². The molecule has 0 aromatic carbocycles. The molecule has 0 radical (unpaired) electrons. The van der Waals surface area contributed by atoms with E-state index in [-0.39, 0.29) is 12.2 Å². The van der Waals surface area contributed by atoms with Crippen LogP contribution in [-0.2, 0) is 9.53 Å². The molecule has 4 heteroatoms. The fraction of sp³-hybridized carbons (Fsp3) is 0.875. The Labute approximate surface area is 72.9 Å². The molecule has 0 amide bonds. The van der Waals surface area contributed by atoms with E-state index in [4.69, 9.17) is 4.74 Å². The van der Waals surface area contributed by atoms with Gasteiger partial charge in [-0.05, 0) is 7.05 Å². The third kappa shape index (κ3) is 2.79. The summed E-state index contributed by atoms with van der Waals surface area (Å²) in [4.78, 5) is 13.0. The topological polar surface area (TPSA) is 41.6 Å². The van der Waals surface area contributed by atoms with Crippen LogP contribution in [0.15, 0.2) is 0 Å². The highest BCUT2D eigenvalue weighted by Gasteiger charge is 2.18. The summed E-state index contributed by atoms with van der Waals surface area (Å²) in [6.07, 6.45) is 0.332. The first-order chi connectivity index (χ1) is 5.72. The van der Waals surface area contributed by atoms with Crippen LogP contribution in [0.4, 0.5) is 0 Å². The molecule has 1 unspecified atom stereocenters. The molecule has 1 N–H and O–H groups in total. The Hall–Kier alpha value is -0.610. The summed E-state index contributed by atoms with van der Waals surface area (Å²) in [5, 5.41) is 3.13. The lowest BCUT2D eigenvalue weighted by Gasteiger charge is -2.30. The van der Waals surface area contributed by atoms with Crippen LogP contribution in [0.25, 0.3) is 0 Å². The zero-order valence-electron chi connectivity index (χ0n) is 7.67. The fourth-order valence-corrected chi connectivity index (χ4v) is 1.18. The van der Waals surface area contributed by atoms with Crippen LogP contribution in [0, 0.1) is 0 Å². The molecule has 0 bridgehead atoms. The summed E-state index contributed by atoms with van der Waals surface area (Å²) < 4.78 is 5.12. The molecule has 1 atom stereocenters. The quantitative estimate of drug-likeness (QED) is 0.586. The number of carbonyl (C=O) groups excluding carboxylic acids is 1. The Kier molecular flexibility index (Phi) is 3.49. The van der Waals surface area contributed by atoms with Gasteiger partial charge in [-0.3, -0.25) is 10.1 Å². The van der Waals surface area contributed by atoms with Crippen LogP contribution in [0.2, 0.25) is 0 Å². The first-order valence-corrected chi connectivity index (χ1v) is 4.33. The minimum atomic E-state index is -0.136. The lowest BCUT2D eigenvalue weighted by atomic mass is 10.3. The van der Waals surface area contributed by atoms with Gasteiger partial charge in [0.1, 0.15) is 0 Å². The van der Waals surface area contributed by atoms with Gasteiger partial charge >= 0.3 is 5.97 Å². The maximum atomic E-state index is 10.9. The molecule has 1 rings (SSSR count). The average molecular weight is 172 g/mol. The smallest absolute Gasteiger partial charge is 0.307 e. The van der Waals surface area contributed by atoms with Crippen LogP contribution >= 0.6 is 0 Å². The molecule has 0 saturated carbocycles. The SMILES string of the molecule is CCC(=O)OC1CN(C)CCN1. The molecule has 1 fully saturated rings. The van der Waals surface area contributed by atoms with Gasteiger partial charge in [0.05, 0.1) is 0 Å². The Morgan fingerprint density at radius 1 is 1.75 bits per heavy atom. The molecule has 0 aliphatic carbocycles. The number of nitrogens with zero attached hydrogens (tertiary/aromatic N) is 1. The van der Waals surface area contributed by atoms with Gasteiger partial charge in [0, 0.05) is 26.1 Å². The fourth-order valence-electron chi connectivity index (χ4n) is 1.18. The molecule has 1 aliphatic rings. The van der Waals surface area contributed by atoms with Crippen LogP contribution in [-0.4, -0.2) is 43.8 Å². The van der Waals surface area contributed by atoms with Gasteiger partial charge in [-0.1, -0.05) is 6.92 Å². The highest BCUT2D eigenvalue weighted by molar-refractivity contribution is 5.69. The van der Waals surface area contributed by atoms with Crippen molar-refractivity contribution in [3.05, 3.63) is 0 Å². The molecule has 70 valence electrons. The van der Waals surface area contributed by atoms with Gasteiger partial charge < -0.3 is 9.64 Å². The van der Waals surface area contributed by atoms with Crippen LogP contribution < -0.4 is 5.32 Å². The summed E-state index contributed by atoms with van der Waals surface area (Å²) >= 11 is 0. The second kappa shape index (κ2) is 4.42. The number of likely N-dealkylation sites (N-methyl/N-ethyl adjacent to an activating group) is 1. The van der Waals surface area contributed by atoms with Crippen molar-refractivity contribution in [1.82, 2.24) is 10.2 Å². The Balaban J connectivity index is 2.27. The van der Waals surface area contributed by atoms with Crippen molar-refractivity contribution in [3.63, 3.8) is 0 Å². The minimum Gasteiger partial charge on any atom is -0.445 e. The Morgan fingerprint density at radius 3 is 3.08 bits per heavy atom. The van der Waals surface area contributed by atoms with E-state index < -0.39 is 0 Å². The second-order valence-corrected chi connectivity index (χ2v) is 3.05. The van der Waals surface area contributed by atoms with Crippen molar-refractivity contribution >= 4 is 5.97 Å². The highest BCUT2D eigenvalue weighted by Crippen LogP contribution is 1.99. The van der Waals surface area contributed by atoms with Crippen LogP contribution in [0.3, 0.4) is 0 Å². The Morgan fingerprint density at radius 2 is 2.50 bits per heavy atom. The lowest BCUT2D eigenvalue weighted by molar-refractivity contribution is -0.152. The van der Waals surface area contributed by atoms with Crippen molar-refractivity contribution in [2.75, 3.05) is 26.7 Å². The lowest BCUT2D eigenvalue weighted by Crippen LogP contribution is -2.50. The maximum Gasteiger partial charge on any atom is 0.307 e. The Bertz CT molecular complexity index is 161. The van der Waals surface area contributed by atoms with Gasteiger partial charge in [0.25, 0.3) is 0 Å². The molecule has 1 heterocycles. The first kappa shape index (κ1) is 9.48. The van der Waals surface area contributed by atoms with E-state index in [1.807, 2.05) is 7.05 Å². The molecular weight excluding hydrogens is 156 g/mol. The van der Waals surface area contributed by atoms with E-state index in [9.17, 15) is 4.79 Å². The molecule has 1 saturated heterocycles. The summed E-state index contributed by atoms with van der Waals surface area (Å²) in [7, 11) is 2.02. The van der Waals surface area contributed by atoms with Gasteiger partial charge in [0.15, 0.2) is 6.23 Å². The minimum absolute atomic E-state index is 0.115. The number of carbonyl (C=O) groups is 1. The monoisotopic (exact) mass is 172 g/mol. The van der Waals surface area contributed by atoms with Gasteiger partial charge in [-0.15, -0.1) is 0 Å². The molecule has 0 spiro atoms. The van der Waals surface area contributed by atoms with Crippen molar-refractivity contribution in [2.45, 2.75) is 19.6 Å². The predicted octanol–water partition coefficient (Wildman–Crippen LogP) is -0.199. The first-order valence-electron chi connectivity index (χ1n) is 4.33. The molecule has 12 heavy (non-hydrogen) atoms. The molecular formula is C8H16N2O2. The number of esters is 1. The largest absolute Gasteiger partial charge is 0.445 e. The van der Waals surface area contributed by atoms with Gasteiger partial charge in [-0.2, -0.15) is 0 Å². The van der Waals surface area contributed by atoms with Gasteiger partial charge in [0.2, 0.25) is 0 Å². The third-order valence-electron chi connectivity index (χ3n) is 1.91. The van der Waals surface area contributed by atoms with Crippen molar-refractivity contribution < 1.29 is 9.53 Å². The van der Waals surface area contributed by atoms with Crippen molar-refractivity contribution in [2.24, 2.45) is 0 Å². The molecule has 0 aromatic rings. The zero-order chi connectivity index (χ0) is 8.97. The number of piperazine rings is 1. The third-order valence-corrected chi connectivity index (χ3v) is 1.91. The number of nitrogens with one attached hydrogen (secondary N) is 1. The van der Waals surface area contributed by atoms with Crippen LogP contribution in [0.1, 0.15) is 13.3 Å². The number of ether oxygens (including phenoxy) is 1. The normalized spacial score (nSPS) is 25.3. The van der Waals surface area contributed by atoms with Crippen molar-refractivity contribution in [3.8, 4) is 0 Å². The number of hydrogen-bond acceptors (Lipinski definition) is 4. The van der Waals surface area contributed by atoms with Gasteiger partial charge in [-0.25, -0.2) is 0 Å². The summed E-state index contributed by atoms with van der Waals surface area (Å²) in [6, 6.07) is 0. The van der Waals surface area contributed by atoms with E-state index >= 15 is 0 Å². The van der Waals surface area contributed by atoms with Crippen molar-refractivity contribution in [1.29, 1.82) is 0 Å². The highest BCUT2D eigenvalue weighted by atomic mass is 16.6. The van der Waals surface area contributed by atoms with E-state index in [0.717, 1.165) is 19.6 Å².